The monoisotopic (exact) mass is 268 g/mol. The maximum Gasteiger partial charge on any atom is 0.307 e. The first kappa shape index (κ1) is 10.7. The van der Waals surface area contributed by atoms with Crippen molar-refractivity contribution in [2.45, 2.75) is 25.7 Å². The van der Waals surface area contributed by atoms with Gasteiger partial charge in [-0.05, 0) is 29.7 Å². The largest absolute Gasteiger partial charge is 0.481 e. The van der Waals surface area contributed by atoms with Crippen LogP contribution >= 0.6 is 15.9 Å². The molecule has 1 aliphatic rings. The minimum atomic E-state index is -0.702. The molecule has 1 aliphatic carbocycles. The Kier molecular flexibility index (Phi) is 2.38. The Bertz CT molecular complexity index is 424. The zero-order valence-corrected chi connectivity index (χ0v) is 10.3. The zero-order valence-electron chi connectivity index (χ0n) is 8.75. The highest BCUT2D eigenvalue weighted by Gasteiger charge is 2.43. The smallest absolute Gasteiger partial charge is 0.307 e. The van der Waals surface area contributed by atoms with Crippen molar-refractivity contribution < 1.29 is 9.90 Å². The maximum absolute atomic E-state index is 11.2. The van der Waals surface area contributed by atoms with E-state index < -0.39 is 5.97 Å². The van der Waals surface area contributed by atoms with E-state index in [-0.39, 0.29) is 11.3 Å². The Labute approximate surface area is 97.4 Å². The molecule has 1 atom stereocenters. The highest BCUT2D eigenvalue weighted by Crippen LogP contribution is 2.43. The van der Waals surface area contributed by atoms with E-state index in [2.05, 4.69) is 15.9 Å². The lowest BCUT2D eigenvalue weighted by Crippen LogP contribution is -2.30. The number of carboxylic acids is 1. The lowest BCUT2D eigenvalue weighted by Gasteiger charge is -2.24. The third-order valence-corrected chi connectivity index (χ3v) is 3.85. The summed E-state index contributed by atoms with van der Waals surface area (Å²) in [6.07, 6.45) is 0.636. The Morgan fingerprint density at radius 2 is 2.20 bits per heavy atom. The first-order chi connectivity index (χ1) is 6.93. The summed E-state index contributed by atoms with van der Waals surface area (Å²) in [6.45, 7) is 4.01. The van der Waals surface area contributed by atoms with Crippen molar-refractivity contribution in [3.63, 3.8) is 0 Å². The first-order valence-corrected chi connectivity index (χ1v) is 5.74. The van der Waals surface area contributed by atoms with Crippen molar-refractivity contribution in [1.82, 2.24) is 0 Å². The second-order valence-electron chi connectivity index (χ2n) is 4.62. The van der Waals surface area contributed by atoms with Gasteiger partial charge in [0.05, 0.1) is 5.92 Å². The molecule has 1 unspecified atom stereocenters. The van der Waals surface area contributed by atoms with E-state index in [1.807, 2.05) is 32.0 Å². The molecule has 0 saturated carbocycles. The topological polar surface area (TPSA) is 37.3 Å². The summed E-state index contributed by atoms with van der Waals surface area (Å²) in [7, 11) is 0. The average molecular weight is 269 g/mol. The molecular formula is C12H13BrO2. The van der Waals surface area contributed by atoms with Crippen molar-refractivity contribution >= 4 is 21.9 Å². The minimum Gasteiger partial charge on any atom is -0.481 e. The lowest BCUT2D eigenvalue weighted by molar-refractivity contribution is -0.143. The third kappa shape index (κ3) is 1.59. The fourth-order valence-corrected chi connectivity index (χ4v) is 2.83. The van der Waals surface area contributed by atoms with Gasteiger partial charge in [0.15, 0.2) is 0 Å². The molecule has 0 heterocycles. The molecule has 2 rings (SSSR count). The Hall–Kier alpha value is -0.830. The first-order valence-electron chi connectivity index (χ1n) is 4.94. The SMILES string of the molecule is CC1(C)c2ccc(Br)cc2CC1C(=O)O. The number of benzene rings is 1. The fourth-order valence-electron chi connectivity index (χ4n) is 2.42. The summed E-state index contributed by atoms with van der Waals surface area (Å²) in [5, 5.41) is 9.18. The van der Waals surface area contributed by atoms with Crippen LogP contribution in [0.15, 0.2) is 22.7 Å². The van der Waals surface area contributed by atoms with Gasteiger partial charge in [0, 0.05) is 9.89 Å². The molecular weight excluding hydrogens is 256 g/mol. The number of hydrogen-bond acceptors (Lipinski definition) is 1. The van der Waals surface area contributed by atoms with Gasteiger partial charge in [-0.3, -0.25) is 4.79 Å². The predicted molar refractivity (Wildman–Crippen MR) is 62.0 cm³/mol. The zero-order chi connectivity index (χ0) is 11.2. The van der Waals surface area contributed by atoms with Gasteiger partial charge in [-0.15, -0.1) is 0 Å². The molecule has 0 radical (unpaired) electrons. The number of carboxylic acid groups (broad SMARTS) is 1. The number of fused-ring (bicyclic) bond motifs is 1. The Balaban J connectivity index is 2.51. The highest BCUT2D eigenvalue weighted by atomic mass is 79.9. The van der Waals surface area contributed by atoms with Crippen LogP contribution in [0, 0.1) is 5.92 Å². The van der Waals surface area contributed by atoms with Gasteiger partial charge in [-0.25, -0.2) is 0 Å². The van der Waals surface area contributed by atoms with E-state index in [0.29, 0.717) is 6.42 Å². The summed E-state index contributed by atoms with van der Waals surface area (Å²) in [5.74, 6) is -1.01. The van der Waals surface area contributed by atoms with Crippen LogP contribution in [0.4, 0.5) is 0 Å². The number of aliphatic carboxylic acids is 1. The predicted octanol–water partition coefficient (Wildman–Crippen LogP) is 2.98. The van der Waals surface area contributed by atoms with Gasteiger partial charge in [-0.2, -0.15) is 0 Å². The van der Waals surface area contributed by atoms with Crippen LogP contribution in [0.3, 0.4) is 0 Å². The van der Waals surface area contributed by atoms with Crippen molar-refractivity contribution in [1.29, 1.82) is 0 Å². The van der Waals surface area contributed by atoms with Gasteiger partial charge in [0.2, 0.25) is 0 Å². The lowest BCUT2D eigenvalue weighted by atomic mass is 9.78. The number of halogens is 1. The molecule has 0 fully saturated rings. The van der Waals surface area contributed by atoms with E-state index in [1.54, 1.807) is 0 Å². The summed E-state index contributed by atoms with van der Waals surface area (Å²) in [4.78, 5) is 11.2. The molecule has 1 aromatic carbocycles. The van der Waals surface area contributed by atoms with Crippen LogP contribution in [0.1, 0.15) is 25.0 Å². The standard InChI is InChI=1S/C12H13BrO2/c1-12(2)9-4-3-8(13)5-7(9)6-10(12)11(14)15/h3-5,10H,6H2,1-2H3,(H,14,15). The fraction of sp³-hybridized carbons (Fsp3) is 0.417. The molecule has 80 valence electrons. The molecule has 3 heteroatoms. The second-order valence-corrected chi connectivity index (χ2v) is 5.53. The molecule has 0 bridgehead atoms. The van der Waals surface area contributed by atoms with E-state index in [9.17, 15) is 9.90 Å². The summed E-state index contributed by atoms with van der Waals surface area (Å²) in [6, 6.07) is 6.03. The summed E-state index contributed by atoms with van der Waals surface area (Å²) >= 11 is 3.41. The second kappa shape index (κ2) is 3.34. The molecule has 0 spiro atoms. The van der Waals surface area contributed by atoms with Crippen LogP contribution in [-0.4, -0.2) is 11.1 Å². The van der Waals surface area contributed by atoms with Crippen molar-refractivity contribution in [2.24, 2.45) is 5.92 Å². The van der Waals surface area contributed by atoms with Crippen LogP contribution in [0.2, 0.25) is 0 Å². The van der Waals surface area contributed by atoms with Crippen LogP contribution < -0.4 is 0 Å². The minimum absolute atomic E-state index is 0.262. The van der Waals surface area contributed by atoms with Gasteiger partial charge in [0.1, 0.15) is 0 Å². The molecule has 1 aromatic rings. The summed E-state index contributed by atoms with van der Waals surface area (Å²) < 4.78 is 1.02. The van der Waals surface area contributed by atoms with Crippen LogP contribution in [-0.2, 0) is 16.6 Å². The average Bonchev–Trinajstić information content (AvgIpc) is 2.37. The van der Waals surface area contributed by atoms with Gasteiger partial charge >= 0.3 is 5.97 Å². The van der Waals surface area contributed by atoms with E-state index in [4.69, 9.17) is 0 Å². The van der Waals surface area contributed by atoms with E-state index >= 15 is 0 Å². The highest BCUT2D eigenvalue weighted by molar-refractivity contribution is 9.10. The van der Waals surface area contributed by atoms with Crippen LogP contribution in [0.25, 0.3) is 0 Å². The molecule has 0 saturated heterocycles. The third-order valence-electron chi connectivity index (χ3n) is 3.35. The van der Waals surface area contributed by atoms with Gasteiger partial charge in [-0.1, -0.05) is 35.8 Å². The number of carbonyl (C=O) groups is 1. The summed E-state index contributed by atoms with van der Waals surface area (Å²) in [5.41, 5.74) is 2.06. The van der Waals surface area contributed by atoms with E-state index in [1.165, 1.54) is 0 Å². The molecule has 0 aromatic heterocycles. The van der Waals surface area contributed by atoms with Crippen molar-refractivity contribution in [2.75, 3.05) is 0 Å². The maximum atomic E-state index is 11.2. The Morgan fingerprint density at radius 1 is 1.53 bits per heavy atom. The quantitative estimate of drug-likeness (QED) is 0.851. The Morgan fingerprint density at radius 3 is 2.80 bits per heavy atom. The van der Waals surface area contributed by atoms with E-state index in [0.717, 1.165) is 15.6 Å². The molecule has 1 N–H and O–H groups in total. The van der Waals surface area contributed by atoms with Gasteiger partial charge < -0.3 is 5.11 Å². The molecule has 0 amide bonds. The van der Waals surface area contributed by atoms with Gasteiger partial charge in [0.25, 0.3) is 0 Å². The van der Waals surface area contributed by atoms with Crippen molar-refractivity contribution in [3.05, 3.63) is 33.8 Å². The molecule has 15 heavy (non-hydrogen) atoms. The number of rotatable bonds is 1. The number of hydrogen-bond donors (Lipinski definition) is 1. The molecule has 0 aliphatic heterocycles. The van der Waals surface area contributed by atoms with Crippen LogP contribution in [0.5, 0.6) is 0 Å². The van der Waals surface area contributed by atoms with Crippen molar-refractivity contribution in [3.8, 4) is 0 Å². The molecule has 2 nitrogen and oxygen atoms in total. The normalized spacial score (nSPS) is 22.5.